The zero-order valence-corrected chi connectivity index (χ0v) is 12.7. The molecule has 5 nitrogen and oxygen atoms in total. The maximum absolute atomic E-state index is 13.2. The second-order valence-electron chi connectivity index (χ2n) is 4.19. The summed E-state index contributed by atoms with van der Waals surface area (Å²) in [6, 6.07) is 10.3. The Hall–Kier alpha value is -2.12. The van der Waals surface area contributed by atoms with Gasteiger partial charge in [0.2, 0.25) is 11.7 Å². The lowest BCUT2D eigenvalue weighted by atomic mass is 10.2. The SMILES string of the molecule is O=C(CSc1ccccc1Cl)Nc1ccc(F)c([N+](=O)[O-])c1. The number of nitro groups is 1. The molecule has 1 N–H and O–H groups in total. The number of thioether (sulfide) groups is 1. The summed E-state index contributed by atoms with van der Waals surface area (Å²) in [5.41, 5.74) is -0.519. The van der Waals surface area contributed by atoms with Crippen molar-refractivity contribution in [1.82, 2.24) is 0 Å². The first kappa shape index (κ1) is 16.3. The highest BCUT2D eigenvalue weighted by Gasteiger charge is 2.15. The molecule has 114 valence electrons. The molecule has 0 saturated heterocycles. The summed E-state index contributed by atoms with van der Waals surface area (Å²) in [5.74, 6) is -1.24. The zero-order chi connectivity index (χ0) is 16.1. The molecule has 0 saturated carbocycles. The number of anilines is 1. The van der Waals surface area contributed by atoms with Gasteiger partial charge in [0, 0.05) is 16.6 Å². The minimum Gasteiger partial charge on any atom is -0.325 e. The summed E-state index contributed by atoms with van der Waals surface area (Å²) in [4.78, 5) is 22.4. The van der Waals surface area contributed by atoms with E-state index in [1.54, 1.807) is 24.3 Å². The molecule has 2 rings (SSSR count). The summed E-state index contributed by atoms with van der Waals surface area (Å²) in [6.45, 7) is 0. The number of nitro benzene ring substituents is 1. The van der Waals surface area contributed by atoms with E-state index in [1.165, 1.54) is 17.8 Å². The van der Waals surface area contributed by atoms with Crippen molar-refractivity contribution in [1.29, 1.82) is 0 Å². The van der Waals surface area contributed by atoms with E-state index in [-0.39, 0.29) is 17.3 Å². The van der Waals surface area contributed by atoms with E-state index in [1.807, 2.05) is 0 Å². The van der Waals surface area contributed by atoms with Crippen molar-refractivity contribution in [3.8, 4) is 0 Å². The fourth-order valence-corrected chi connectivity index (χ4v) is 2.67. The molecule has 0 bridgehead atoms. The number of amides is 1. The molecule has 0 spiro atoms. The number of nitrogens with one attached hydrogen (secondary N) is 1. The number of benzene rings is 2. The molecule has 0 heterocycles. The monoisotopic (exact) mass is 340 g/mol. The average molecular weight is 341 g/mol. The second-order valence-corrected chi connectivity index (χ2v) is 5.61. The molecule has 0 aliphatic heterocycles. The van der Waals surface area contributed by atoms with Gasteiger partial charge in [-0.2, -0.15) is 4.39 Å². The van der Waals surface area contributed by atoms with Crippen LogP contribution in [0.15, 0.2) is 47.4 Å². The van der Waals surface area contributed by atoms with E-state index >= 15 is 0 Å². The third-order valence-electron chi connectivity index (χ3n) is 2.62. The minimum atomic E-state index is -0.951. The summed E-state index contributed by atoms with van der Waals surface area (Å²) >= 11 is 7.21. The molecule has 0 atom stereocenters. The number of carbonyl (C=O) groups is 1. The van der Waals surface area contributed by atoms with Crippen LogP contribution in [0.4, 0.5) is 15.8 Å². The van der Waals surface area contributed by atoms with Gasteiger partial charge in [0.05, 0.1) is 15.7 Å². The maximum Gasteiger partial charge on any atom is 0.306 e. The normalized spacial score (nSPS) is 10.3. The summed E-state index contributed by atoms with van der Waals surface area (Å²) < 4.78 is 13.2. The highest BCUT2D eigenvalue weighted by Crippen LogP contribution is 2.27. The Morgan fingerprint density at radius 3 is 2.73 bits per heavy atom. The topological polar surface area (TPSA) is 72.2 Å². The first-order valence-corrected chi connectivity index (χ1v) is 7.45. The van der Waals surface area contributed by atoms with Gasteiger partial charge in [-0.3, -0.25) is 14.9 Å². The van der Waals surface area contributed by atoms with Crippen LogP contribution in [0, 0.1) is 15.9 Å². The predicted octanol–water partition coefficient (Wildman–Crippen LogP) is 4.12. The standard InChI is InChI=1S/C14H10ClFN2O3S/c15-10-3-1-2-4-13(10)22-8-14(19)17-9-5-6-11(16)12(7-9)18(20)21/h1-7H,8H2,(H,17,19). The molecule has 0 radical (unpaired) electrons. The third kappa shape index (κ3) is 4.19. The lowest BCUT2D eigenvalue weighted by molar-refractivity contribution is -0.387. The van der Waals surface area contributed by atoms with Gasteiger partial charge in [0.1, 0.15) is 0 Å². The van der Waals surface area contributed by atoms with Gasteiger partial charge in [-0.15, -0.1) is 11.8 Å². The van der Waals surface area contributed by atoms with Crippen LogP contribution in [-0.4, -0.2) is 16.6 Å². The van der Waals surface area contributed by atoms with Gasteiger partial charge in [0.15, 0.2) is 0 Å². The number of carbonyl (C=O) groups excluding carboxylic acids is 1. The Morgan fingerprint density at radius 1 is 1.32 bits per heavy atom. The molecule has 22 heavy (non-hydrogen) atoms. The summed E-state index contributed by atoms with van der Waals surface area (Å²) in [7, 11) is 0. The Bertz CT molecular complexity index is 727. The van der Waals surface area contributed by atoms with Crippen LogP contribution in [0.2, 0.25) is 5.02 Å². The van der Waals surface area contributed by atoms with Gasteiger partial charge in [-0.25, -0.2) is 0 Å². The molecule has 0 aromatic heterocycles. The fourth-order valence-electron chi connectivity index (χ4n) is 1.63. The number of nitrogens with zero attached hydrogens (tertiary/aromatic N) is 1. The first-order chi connectivity index (χ1) is 10.5. The number of halogens is 2. The molecule has 0 unspecified atom stereocenters. The smallest absolute Gasteiger partial charge is 0.306 e. The number of hydrogen-bond donors (Lipinski definition) is 1. The van der Waals surface area contributed by atoms with E-state index < -0.39 is 16.4 Å². The van der Waals surface area contributed by atoms with Crippen molar-refractivity contribution in [3.05, 3.63) is 63.4 Å². The first-order valence-electron chi connectivity index (χ1n) is 6.08. The van der Waals surface area contributed by atoms with Crippen molar-refractivity contribution < 1.29 is 14.1 Å². The van der Waals surface area contributed by atoms with Crippen LogP contribution in [0.5, 0.6) is 0 Å². The molecular weight excluding hydrogens is 331 g/mol. The third-order valence-corrected chi connectivity index (χ3v) is 4.14. The van der Waals surface area contributed by atoms with Crippen molar-refractivity contribution in [2.75, 3.05) is 11.1 Å². The van der Waals surface area contributed by atoms with Crippen LogP contribution in [-0.2, 0) is 4.79 Å². The van der Waals surface area contributed by atoms with Crippen LogP contribution >= 0.6 is 23.4 Å². The molecule has 1 amide bonds. The summed E-state index contributed by atoms with van der Waals surface area (Å²) in [5, 5.41) is 13.7. The van der Waals surface area contributed by atoms with E-state index in [9.17, 15) is 19.3 Å². The second kappa shape index (κ2) is 7.24. The molecule has 0 fully saturated rings. The van der Waals surface area contributed by atoms with Crippen LogP contribution in [0.25, 0.3) is 0 Å². The number of hydrogen-bond acceptors (Lipinski definition) is 4. The molecule has 0 aliphatic rings. The Morgan fingerprint density at radius 2 is 2.05 bits per heavy atom. The maximum atomic E-state index is 13.2. The highest BCUT2D eigenvalue weighted by molar-refractivity contribution is 8.00. The Kier molecular flexibility index (Phi) is 5.35. The van der Waals surface area contributed by atoms with E-state index in [0.717, 1.165) is 17.0 Å². The van der Waals surface area contributed by atoms with Crippen LogP contribution in [0.3, 0.4) is 0 Å². The van der Waals surface area contributed by atoms with Crippen molar-refractivity contribution >= 4 is 40.6 Å². The molecule has 0 aliphatic carbocycles. The van der Waals surface area contributed by atoms with Crippen molar-refractivity contribution in [2.24, 2.45) is 0 Å². The molecule has 8 heteroatoms. The molecular formula is C14H10ClFN2O3S. The Labute approximate surface area is 134 Å². The van der Waals surface area contributed by atoms with Gasteiger partial charge in [-0.05, 0) is 24.3 Å². The van der Waals surface area contributed by atoms with Gasteiger partial charge in [-0.1, -0.05) is 23.7 Å². The molecule has 2 aromatic rings. The van der Waals surface area contributed by atoms with Crippen molar-refractivity contribution in [2.45, 2.75) is 4.90 Å². The lowest BCUT2D eigenvalue weighted by Gasteiger charge is -2.06. The lowest BCUT2D eigenvalue weighted by Crippen LogP contribution is -2.14. The highest BCUT2D eigenvalue weighted by atomic mass is 35.5. The zero-order valence-electron chi connectivity index (χ0n) is 11.1. The van der Waals surface area contributed by atoms with Crippen molar-refractivity contribution in [3.63, 3.8) is 0 Å². The largest absolute Gasteiger partial charge is 0.325 e. The van der Waals surface area contributed by atoms with E-state index in [0.29, 0.717) is 5.02 Å². The van der Waals surface area contributed by atoms with Gasteiger partial charge >= 0.3 is 5.69 Å². The Balaban J connectivity index is 1.99. The van der Waals surface area contributed by atoms with Crippen LogP contribution < -0.4 is 5.32 Å². The minimum absolute atomic E-state index is 0.0783. The predicted molar refractivity (Wildman–Crippen MR) is 83.9 cm³/mol. The average Bonchev–Trinajstić information content (AvgIpc) is 2.48. The van der Waals surface area contributed by atoms with Gasteiger partial charge < -0.3 is 5.32 Å². The molecule has 2 aromatic carbocycles. The fraction of sp³-hybridized carbons (Fsp3) is 0.0714. The van der Waals surface area contributed by atoms with E-state index in [4.69, 9.17) is 11.6 Å². The number of rotatable bonds is 5. The summed E-state index contributed by atoms with van der Waals surface area (Å²) in [6.07, 6.45) is 0. The van der Waals surface area contributed by atoms with Crippen LogP contribution in [0.1, 0.15) is 0 Å². The van der Waals surface area contributed by atoms with Gasteiger partial charge in [0.25, 0.3) is 0 Å². The quantitative estimate of drug-likeness (QED) is 0.505. The van der Waals surface area contributed by atoms with E-state index in [2.05, 4.69) is 5.32 Å².